The van der Waals surface area contributed by atoms with Gasteiger partial charge in [-0.05, 0) is 24.3 Å². The summed E-state index contributed by atoms with van der Waals surface area (Å²) in [6, 6.07) is 11.5. The molecule has 2 aliphatic heterocycles. The van der Waals surface area contributed by atoms with E-state index in [2.05, 4.69) is 49.1 Å². The van der Waals surface area contributed by atoms with Gasteiger partial charge in [0.2, 0.25) is 0 Å². The van der Waals surface area contributed by atoms with Crippen molar-refractivity contribution in [1.82, 2.24) is 4.90 Å². The number of morpholine rings is 1. The Morgan fingerprint density at radius 2 is 1.75 bits per heavy atom. The SMILES string of the molecule is CCC(CC)CC(=O)C1CC2COCC(C1)N2Cc1ccccc1. The van der Waals surface area contributed by atoms with Crippen LogP contribution in [0.1, 0.15) is 51.5 Å². The number of Topliss-reactive ketones (excluding diaryl/α,β-unsaturated/α-hetero) is 1. The topological polar surface area (TPSA) is 29.5 Å². The predicted octanol–water partition coefficient (Wildman–Crippen LogP) is 4.06. The van der Waals surface area contributed by atoms with E-state index in [1.54, 1.807) is 0 Å². The highest BCUT2D eigenvalue weighted by atomic mass is 16.5. The van der Waals surface area contributed by atoms with E-state index in [0.717, 1.165) is 51.9 Å². The number of carbonyl (C=O) groups excluding carboxylic acids is 1. The monoisotopic (exact) mass is 329 g/mol. The van der Waals surface area contributed by atoms with Crippen molar-refractivity contribution >= 4 is 5.78 Å². The van der Waals surface area contributed by atoms with Gasteiger partial charge in [0, 0.05) is 31.0 Å². The molecule has 3 rings (SSSR count). The van der Waals surface area contributed by atoms with Gasteiger partial charge in [-0.2, -0.15) is 0 Å². The van der Waals surface area contributed by atoms with Crippen molar-refractivity contribution in [3.8, 4) is 0 Å². The van der Waals surface area contributed by atoms with Crippen LogP contribution in [-0.2, 0) is 16.1 Å². The molecule has 0 amide bonds. The number of ether oxygens (including phenoxy) is 1. The van der Waals surface area contributed by atoms with Gasteiger partial charge < -0.3 is 4.74 Å². The zero-order chi connectivity index (χ0) is 16.9. The molecule has 1 aromatic carbocycles. The lowest BCUT2D eigenvalue weighted by Crippen LogP contribution is -2.57. The number of ketones is 1. The summed E-state index contributed by atoms with van der Waals surface area (Å²) in [5.41, 5.74) is 1.36. The van der Waals surface area contributed by atoms with E-state index in [1.807, 2.05) is 0 Å². The molecule has 0 aromatic heterocycles. The molecule has 0 radical (unpaired) electrons. The van der Waals surface area contributed by atoms with Crippen LogP contribution in [0.3, 0.4) is 0 Å². The van der Waals surface area contributed by atoms with Crippen LogP contribution < -0.4 is 0 Å². The van der Waals surface area contributed by atoms with E-state index in [1.165, 1.54) is 5.56 Å². The van der Waals surface area contributed by atoms with Gasteiger partial charge >= 0.3 is 0 Å². The minimum absolute atomic E-state index is 0.247. The van der Waals surface area contributed by atoms with Gasteiger partial charge in [-0.25, -0.2) is 0 Å². The highest BCUT2D eigenvalue weighted by Gasteiger charge is 2.41. The maximum Gasteiger partial charge on any atom is 0.136 e. The van der Waals surface area contributed by atoms with Crippen LogP contribution in [0.2, 0.25) is 0 Å². The van der Waals surface area contributed by atoms with Crippen molar-refractivity contribution in [2.45, 2.75) is 64.6 Å². The Hall–Kier alpha value is -1.19. The maximum atomic E-state index is 12.8. The lowest BCUT2D eigenvalue weighted by molar-refractivity contribution is -0.134. The van der Waals surface area contributed by atoms with Crippen LogP contribution in [0.25, 0.3) is 0 Å². The molecule has 0 N–H and O–H groups in total. The van der Waals surface area contributed by atoms with Crippen molar-refractivity contribution in [3.05, 3.63) is 35.9 Å². The Morgan fingerprint density at radius 3 is 2.33 bits per heavy atom. The van der Waals surface area contributed by atoms with Crippen LogP contribution >= 0.6 is 0 Å². The van der Waals surface area contributed by atoms with Gasteiger partial charge in [-0.1, -0.05) is 57.0 Å². The molecule has 2 unspecified atom stereocenters. The minimum atomic E-state index is 0.247. The lowest BCUT2D eigenvalue weighted by Gasteiger charge is -2.48. The number of carbonyl (C=O) groups is 1. The Morgan fingerprint density at radius 1 is 1.12 bits per heavy atom. The Labute approximate surface area is 146 Å². The average molecular weight is 329 g/mol. The van der Waals surface area contributed by atoms with Gasteiger partial charge in [0.05, 0.1) is 13.2 Å². The van der Waals surface area contributed by atoms with Crippen LogP contribution in [0.15, 0.2) is 30.3 Å². The minimum Gasteiger partial charge on any atom is -0.378 e. The van der Waals surface area contributed by atoms with E-state index in [0.29, 0.717) is 23.8 Å². The Bertz CT molecular complexity index is 512. The van der Waals surface area contributed by atoms with Crippen molar-refractivity contribution in [2.75, 3.05) is 13.2 Å². The first kappa shape index (κ1) is 17.6. The first-order valence-electron chi connectivity index (χ1n) is 9.61. The molecule has 2 aliphatic rings. The van der Waals surface area contributed by atoms with Gasteiger partial charge in [-0.3, -0.25) is 9.69 Å². The molecule has 3 nitrogen and oxygen atoms in total. The van der Waals surface area contributed by atoms with E-state index in [9.17, 15) is 4.79 Å². The summed E-state index contributed by atoms with van der Waals surface area (Å²) in [4.78, 5) is 15.3. The fourth-order valence-corrected chi connectivity index (χ4v) is 4.33. The highest BCUT2D eigenvalue weighted by molar-refractivity contribution is 5.81. The van der Waals surface area contributed by atoms with Gasteiger partial charge in [0.1, 0.15) is 5.78 Å². The summed E-state index contributed by atoms with van der Waals surface area (Å²) in [6.07, 6.45) is 4.96. The quantitative estimate of drug-likeness (QED) is 0.755. The molecular formula is C21H31NO2. The molecule has 2 atom stereocenters. The van der Waals surface area contributed by atoms with Gasteiger partial charge in [-0.15, -0.1) is 0 Å². The molecule has 2 bridgehead atoms. The normalized spacial score (nSPS) is 27.4. The fraction of sp³-hybridized carbons (Fsp3) is 0.667. The molecule has 0 aliphatic carbocycles. The zero-order valence-electron chi connectivity index (χ0n) is 15.1. The molecule has 2 heterocycles. The van der Waals surface area contributed by atoms with Crippen LogP contribution in [0.5, 0.6) is 0 Å². The molecule has 0 saturated carbocycles. The number of rotatable bonds is 7. The number of hydrogen-bond donors (Lipinski definition) is 0. The average Bonchev–Trinajstić information content (AvgIpc) is 2.60. The van der Waals surface area contributed by atoms with Crippen molar-refractivity contribution in [1.29, 1.82) is 0 Å². The van der Waals surface area contributed by atoms with Gasteiger partial charge in [0.15, 0.2) is 0 Å². The molecule has 24 heavy (non-hydrogen) atoms. The molecule has 132 valence electrons. The second kappa shape index (κ2) is 8.26. The molecule has 0 spiro atoms. The van der Waals surface area contributed by atoms with Crippen molar-refractivity contribution in [2.24, 2.45) is 11.8 Å². The first-order chi connectivity index (χ1) is 11.7. The number of nitrogens with zero attached hydrogens (tertiary/aromatic N) is 1. The molecule has 3 heteroatoms. The summed E-state index contributed by atoms with van der Waals surface area (Å²) in [5, 5.41) is 0. The van der Waals surface area contributed by atoms with Crippen molar-refractivity contribution in [3.63, 3.8) is 0 Å². The number of fused-ring (bicyclic) bond motifs is 2. The summed E-state index contributed by atoms with van der Waals surface area (Å²) in [6.45, 7) is 6.93. The third-order valence-corrected chi connectivity index (χ3v) is 5.98. The third-order valence-electron chi connectivity index (χ3n) is 5.98. The Kier molecular flexibility index (Phi) is 6.07. The summed E-state index contributed by atoms with van der Waals surface area (Å²) in [5.74, 6) is 1.31. The van der Waals surface area contributed by atoms with Crippen LogP contribution in [-0.4, -0.2) is 36.0 Å². The molecular weight excluding hydrogens is 298 g/mol. The van der Waals surface area contributed by atoms with Gasteiger partial charge in [0.25, 0.3) is 0 Å². The second-order valence-corrected chi connectivity index (χ2v) is 7.52. The summed E-state index contributed by atoms with van der Waals surface area (Å²) in [7, 11) is 0. The summed E-state index contributed by atoms with van der Waals surface area (Å²) >= 11 is 0. The fourth-order valence-electron chi connectivity index (χ4n) is 4.33. The lowest BCUT2D eigenvalue weighted by atomic mass is 9.79. The largest absolute Gasteiger partial charge is 0.378 e. The second-order valence-electron chi connectivity index (χ2n) is 7.52. The first-order valence-corrected chi connectivity index (χ1v) is 9.61. The van der Waals surface area contributed by atoms with Crippen LogP contribution in [0, 0.1) is 11.8 Å². The third kappa shape index (κ3) is 4.07. The maximum absolute atomic E-state index is 12.8. The summed E-state index contributed by atoms with van der Waals surface area (Å²) < 4.78 is 5.80. The van der Waals surface area contributed by atoms with E-state index >= 15 is 0 Å². The van der Waals surface area contributed by atoms with Crippen molar-refractivity contribution < 1.29 is 9.53 Å². The number of benzene rings is 1. The van der Waals surface area contributed by atoms with E-state index < -0.39 is 0 Å². The number of hydrogen-bond acceptors (Lipinski definition) is 3. The number of piperidine rings is 1. The smallest absolute Gasteiger partial charge is 0.136 e. The molecule has 1 aromatic rings. The molecule has 2 fully saturated rings. The standard InChI is InChI=1S/C21H31NO2/c1-3-16(4-2)10-21(23)18-11-19-14-24-15-20(12-18)22(19)13-17-8-6-5-7-9-17/h5-9,16,18-20H,3-4,10-15H2,1-2H3. The highest BCUT2D eigenvalue weighted by Crippen LogP contribution is 2.34. The zero-order valence-corrected chi connectivity index (χ0v) is 15.1. The van der Waals surface area contributed by atoms with E-state index in [4.69, 9.17) is 4.74 Å². The Balaban J connectivity index is 1.63. The van der Waals surface area contributed by atoms with Crippen LogP contribution in [0.4, 0.5) is 0 Å². The predicted molar refractivity (Wildman–Crippen MR) is 96.8 cm³/mol. The molecule has 2 saturated heterocycles. The van der Waals surface area contributed by atoms with E-state index in [-0.39, 0.29) is 5.92 Å².